The summed E-state index contributed by atoms with van der Waals surface area (Å²) < 4.78 is 47.2. The highest BCUT2D eigenvalue weighted by Crippen LogP contribution is 2.33. The molecule has 3 rings (SSSR count). The van der Waals surface area contributed by atoms with Crippen molar-refractivity contribution >= 4 is 5.69 Å². The minimum atomic E-state index is -1.78. The summed E-state index contributed by atoms with van der Waals surface area (Å²) in [4.78, 5) is 10.1. The highest BCUT2D eigenvalue weighted by molar-refractivity contribution is 5.36. The van der Waals surface area contributed by atoms with Crippen LogP contribution in [0.2, 0.25) is 0 Å². The van der Waals surface area contributed by atoms with Crippen LogP contribution in [-0.4, -0.2) is 105 Å². The van der Waals surface area contributed by atoms with E-state index in [-0.39, 0.29) is 11.4 Å². The number of non-ortho nitro benzene ring substituents is 1. The Hall–Kier alpha value is -2.04. The number of hydrogen-bond donors (Lipinski definition) is 5. The Morgan fingerprint density at radius 2 is 1.50 bits per heavy atom. The molecule has 2 saturated heterocycles. The van der Waals surface area contributed by atoms with Crippen LogP contribution in [0.15, 0.2) is 24.3 Å². The van der Waals surface area contributed by atoms with Gasteiger partial charge in [-0.15, -0.1) is 0 Å². The Morgan fingerprint density at radius 3 is 2.06 bits per heavy atom. The van der Waals surface area contributed by atoms with Crippen molar-refractivity contribution in [2.45, 2.75) is 61.4 Å². The molecule has 0 aromatic heterocycles. The Labute approximate surface area is 179 Å². The maximum absolute atomic E-state index is 13.1. The third-order valence-electron chi connectivity index (χ3n) is 5.15. The smallest absolute Gasteiger partial charge is 0.269 e. The van der Waals surface area contributed by atoms with Gasteiger partial charge in [-0.2, -0.15) is 0 Å². The van der Waals surface area contributed by atoms with E-state index in [4.69, 9.17) is 18.9 Å². The standard InChI is InChI=1S/C18H23F2NO11/c19-5-9(22)14-11(24)12(25)17(30-14)32-16-13(26)18(31-15(16)10(23)6-20)29-8-3-1-7(2-4-8)21(27)28/h1-4,9-18,22-26H,5-6H2/t9-,10-,11-,12-,13-,14+,15+,16-,17+,18-/m1/s1. The lowest BCUT2D eigenvalue weighted by atomic mass is 10.1. The molecule has 14 heteroatoms. The maximum atomic E-state index is 13.1. The molecule has 0 radical (unpaired) electrons. The molecule has 0 unspecified atom stereocenters. The summed E-state index contributed by atoms with van der Waals surface area (Å²) in [5.41, 5.74) is -0.215. The van der Waals surface area contributed by atoms with Gasteiger partial charge >= 0.3 is 0 Å². The van der Waals surface area contributed by atoms with Crippen molar-refractivity contribution in [2.75, 3.05) is 13.3 Å². The fourth-order valence-corrected chi connectivity index (χ4v) is 3.44. The van der Waals surface area contributed by atoms with Gasteiger partial charge in [0.25, 0.3) is 5.69 Å². The van der Waals surface area contributed by atoms with E-state index >= 15 is 0 Å². The van der Waals surface area contributed by atoms with Crippen LogP contribution in [0, 0.1) is 10.1 Å². The van der Waals surface area contributed by atoms with Crippen LogP contribution < -0.4 is 4.74 Å². The second-order valence-corrected chi connectivity index (χ2v) is 7.32. The monoisotopic (exact) mass is 467 g/mol. The molecule has 12 nitrogen and oxygen atoms in total. The van der Waals surface area contributed by atoms with Gasteiger partial charge in [0, 0.05) is 12.1 Å². The van der Waals surface area contributed by atoms with Crippen molar-refractivity contribution in [3.63, 3.8) is 0 Å². The summed E-state index contributed by atoms with van der Waals surface area (Å²) in [6.07, 6.45) is -16.4. The van der Waals surface area contributed by atoms with E-state index in [1.54, 1.807) is 0 Å². The molecule has 1 aromatic rings. The molecule has 1 aromatic carbocycles. The summed E-state index contributed by atoms with van der Waals surface area (Å²) in [6, 6.07) is 4.73. The molecule has 0 saturated carbocycles. The average molecular weight is 467 g/mol. The molecule has 2 aliphatic rings. The van der Waals surface area contributed by atoms with E-state index in [0.29, 0.717) is 0 Å². The Kier molecular flexibility index (Phi) is 7.89. The second-order valence-electron chi connectivity index (χ2n) is 7.32. The van der Waals surface area contributed by atoms with Gasteiger partial charge in [0.2, 0.25) is 6.29 Å². The number of rotatable bonds is 9. The summed E-state index contributed by atoms with van der Waals surface area (Å²) >= 11 is 0. The Morgan fingerprint density at radius 1 is 0.938 bits per heavy atom. The van der Waals surface area contributed by atoms with Gasteiger partial charge in [-0.25, -0.2) is 8.78 Å². The third kappa shape index (κ3) is 4.97. The van der Waals surface area contributed by atoms with E-state index in [1.165, 1.54) is 12.1 Å². The lowest BCUT2D eigenvalue weighted by Gasteiger charge is -2.27. The minimum Gasteiger partial charge on any atom is -0.462 e. The van der Waals surface area contributed by atoms with E-state index in [1.807, 2.05) is 0 Å². The van der Waals surface area contributed by atoms with Crippen molar-refractivity contribution in [3.8, 4) is 5.75 Å². The highest BCUT2D eigenvalue weighted by atomic mass is 19.1. The molecular weight excluding hydrogens is 444 g/mol. The molecule has 32 heavy (non-hydrogen) atoms. The van der Waals surface area contributed by atoms with Crippen LogP contribution in [0.5, 0.6) is 5.75 Å². The average Bonchev–Trinajstić information content (AvgIpc) is 3.24. The van der Waals surface area contributed by atoms with Crippen LogP contribution >= 0.6 is 0 Å². The summed E-state index contributed by atoms with van der Waals surface area (Å²) in [6.45, 7) is -2.56. The lowest BCUT2D eigenvalue weighted by Crippen LogP contribution is -2.46. The van der Waals surface area contributed by atoms with Crippen molar-refractivity contribution in [1.29, 1.82) is 0 Å². The van der Waals surface area contributed by atoms with E-state index in [2.05, 4.69) is 0 Å². The SMILES string of the molecule is O=[N+]([O-])c1ccc(O[C@@H]2O[C@@H]([C@H](O)CF)[C@H](O[C@@H]3O[C@@H]([C@H](O)CF)[C@H](O)[C@H]3O)[C@H]2O)cc1. The molecule has 0 spiro atoms. The van der Waals surface area contributed by atoms with Crippen molar-refractivity contribution in [3.05, 3.63) is 34.4 Å². The van der Waals surface area contributed by atoms with Crippen LogP contribution in [0.4, 0.5) is 14.5 Å². The van der Waals surface area contributed by atoms with Gasteiger partial charge in [0.05, 0.1) is 4.92 Å². The normalized spacial score (nSPS) is 36.7. The van der Waals surface area contributed by atoms with Crippen molar-refractivity contribution in [1.82, 2.24) is 0 Å². The number of benzene rings is 1. The number of alkyl halides is 2. The quantitative estimate of drug-likeness (QED) is 0.212. The molecule has 180 valence electrons. The van der Waals surface area contributed by atoms with Gasteiger partial charge in [-0.05, 0) is 12.1 Å². The summed E-state index contributed by atoms with van der Waals surface area (Å²) in [5.74, 6) is 0.0486. The highest BCUT2D eigenvalue weighted by Gasteiger charge is 2.54. The number of nitro groups is 1. The molecule has 5 N–H and O–H groups in total. The first-order valence-corrected chi connectivity index (χ1v) is 9.57. The molecule has 0 bridgehead atoms. The molecule has 2 heterocycles. The van der Waals surface area contributed by atoms with Gasteiger partial charge in [-0.3, -0.25) is 10.1 Å². The van der Waals surface area contributed by atoms with Gasteiger partial charge in [-0.1, -0.05) is 0 Å². The number of aliphatic hydroxyl groups is 5. The summed E-state index contributed by atoms with van der Waals surface area (Å²) in [7, 11) is 0. The zero-order valence-electron chi connectivity index (χ0n) is 16.4. The van der Waals surface area contributed by atoms with Gasteiger partial charge in [0.15, 0.2) is 6.29 Å². The van der Waals surface area contributed by atoms with E-state index in [9.17, 15) is 44.4 Å². The largest absolute Gasteiger partial charge is 0.462 e. The molecule has 0 aliphatic carbocycles. The van der Waals surface area contributed by atoms with Crippen LogP contribution in [-0.2, 0) is 14.2 Å². The lowest BCUT2D eigenvalue weighted by molar-refractivity contribution is -0.384. The number of nitrogens with zero attached hydrogens (tertiary/aromatic N) is 1. The molecular formula is C18H23F2NO11. The van der Waals surface area contributed by atoms with Crippen LogP contribution in [0.3, 0.4) is 0 Å². The number of hydrogen-bond acceptors (Lipinski definition) is 11. The molecule has 10 atom stereocenters. The zero-order valence-corrected chi connectivity index (χ0v) is 16.4. The first-order chi connectivity index (χ1) is 15.2. The van der Waals surface area contributed by atoms with Crippen molar-refractivity contribution < 1.29 is 58.2 Å². The maximum Gasteiger partial charge on any atom is 0.269 e. The van der Waals surface area contributed by atoms with Gasteiger partial charge < -0.3 is 44.5 Å². The summed E-state index contributed by atoms with van der Waals surface area (Å²) in [5, 5.41) is 60.8. The fraction of sp³-hybridized carbons (Fsp3) is 0.667. The predicted octanol–water partition coefficient (Wildman–Crippen LogP) is -1.45. The predicted molar refractivity (Wildman–Crippen MR) is 97.9 cm³/mol. The first kappa shape index (κ1) is 24.6. The minimum absolute atomic E-state index is 0.0486. The number of ether oxygens (including phenoxy) is 4. The van der Waals surface area contributed by atoms with E-state index < -0.39 is 79.7 Å². The van der Waals surface area contributed by atoms with Gasteiger partial charge in [0.1, 0.15) is 67.9 Å². The number of nitro benzene ring substituents is 1. The molecule has 2 aliphatic heterocycles. The second kappa shape index (κ2) is 10.3. The third-order valence-corrected chi connectivity index (χ3v) is 5.15. The van der Waals surface area contributed by atoms with Crippen LogP contribution in [0.25, 0.3) is 0 Å². The topological polar surface area (TPSA) is 181 Å². The fourth-order valence-electron chi connectivity index (χ4n) is 3.44. The zero-order chi connectivity index (χ0) is 23.6. The number of halogens is 2. The Balaban J connectivity index is 1.73. The molecule has 2 fully saturated rings. The Bertz CT molecular complexity index is 772. The van der Waals surface area contributed by atoms with E-state index in [0.717, 1.165) is 12.1 Å². The van der Waals surface area contributed by atoms with Crippen molar-refractivity contribution in [2.24, 2.45) is 0 Å². The first-order valence-electron chi connectivity index (χ1n) is 9.57. The number of aliphatic hydroxyl groups excluding tert-OH is 5. The van der Waals surface area contributed by atoms with Crippen LogP contribution in [0.1, 0.15) is 0 Å². The molecule has 0 amide bonds.